The van der Waals surface area contributed by atoms with E-state index in [0.717, 1.165) is 11.1 Å². The van der Waals surface area contributed by atoms with E-state index in [9.17, 15) is 8.42 Å². The number of methoxy groups -OCH3 is 2. The van der Waals surface area contributed by atoms with E-state index in [2.05, 4.69) is 17.9 Å². The standard InChI is InChI=1S/C27H29NO4S/c1-19-11-17-25(18-12-19)33(29,30)28-26(22-13-15-24(31-4)16-14-22)20(2)21(3)27(32-5)23-9-7-6-8-10-23/h6-18,26-28H,2-3H2,1,4-5H3/t26-,27+/m0/s1. The first-order valence-electron chi connectivity index (χ1n) is 10.5. The lowest BCUT2D eigenvalue weighted by Crippen LogP contribution is -2.31. The second kappa shape index (κ2) is 10.6. The van der Waals surface area contributed by atoms with Crippen molar-refractivity contribution in [1.82, 2.24) is 4.72 Å². The number of hydrogen-bond acceptors (Lipinski definition) is 4. The summed E-state index contributed by atoms with van der Waals surface area (Å²) in [5.41, 5.74) is 3.67. The van der Waals surface area contributed by atoms with Gasteiger partial charge in [0.2, 0.25) is 10.0 Å². The monoisotopic (exact) mass is 463 g/mol. The van der Waals surface area contributed by atoms with Crippen molar-refractivity contribution in [3.63, 3.8) is 0 Å². The fourth-order valence-corrected chi connectivity index (χ4v) is 4.76. The van der Waals surface area contributed by atoms with Crippen LogP contribution in [-0.2, 0) is 14.8 Å². The molecule has 0 aliphatic carbocycles. The Bertz CT molecular complexity index is 1200. The molecule has 0 saturated carbocycles. The molecule has 3 rings (SSSR count). The molecule has 0 heterocycles. The van der Waals surface area contributed by atoms with Crippen LogP contribution in [0.15, 0.2) is 108 Å². The molecule has 3 aromatic carbocycles. The van der Waals surface area contributed by atoms with Crippen molar-refractivity contribution in [2.24, 2.45) is 0 Å². The van der Waals surface area contributed by atoms with Gasteiger partial charge in [-0.15, -0.1) is 0 Å². The van der Waals surface area contributed by atoms with Crippen LogP contribution in [0, 0.1) is 6.92 Å². The molecule has 0 spiro atoms. The van der Waals surface area contributed by atoms with E-state index in [4.69, 9.17) is 9.47 Å². The van der Waals surface area contributed by atoms with Gasteiger partial charge in [-0.05, 0) is 53.5 Å². The quantitative estimate of drug-likeness (QED) is 0.402. The Morgan fingerprint density at radius 2 is 1.42 bits per heavy atom. The van der Waals surface area contributed by atoms with Crippen LogP contribution < -0.4 is 9.46 Å². The first kappa shape index (κ1) is 24.5. The molecular formula is C27H29NO4S. The molecule has 172 valence electrons. The van der Waals surface area contributed by atoms with E-state index < -0.39 is 22.2 Å². The molecule has 1 N–H and O–H groups in total. The van der Waals surface area contributed by atoms with Crippen molar-refractivity contribution in [2.45, 2.75) is 24.0 Å². The van der Waals surface area contributed by atoms with Gasteiger partial charge in [0.1, 0.15) is 11.9 Å². The Labute approximate surface area is 196 Å². The molecule has 3 aromatic rings. The van der Waals surface area contributed by atoms with Gasteiger partial charge in [-0.1, -0.05) is 73.3 Å². The highest BCUT2D eigenvalue weighted by Gasteiger charge is 2.28. The minimum Gasteiger partial charge on any atom is -0.497 e. The van der Waals surface area contributed by atoms with Crippen molar-refractivity contribution >= 4 is 10.0 Å². The molecule has 33 heavy (non-hydrogen) atoms. The number of nitrogens with one attached hydrogen (secondary N) is 1. The zero-order chi connectivity index (χ0) is 24.0. The van der Waals surface area contributed by atoms with Gasteiger partial charge < -0.3 is 9.47 Å². The van der Waals surface area contributed by atoms with Crippen LogP contribution in [0.1, 0.15) is 28.8 Å². The van der Waals surface area contributed by atoms with Crippen LogP contribution in [0.4, 0.5) is 0 Å². The zero-order valence-electron chi connectivity index (χ0n) is 19.1. The number of sulfonamides is 1. The molecule has 0 amide bonds. The fraction of sp³-hybridized carbons (Fsp3) is 0.185. The Morgan fingerprint density at radius 3 is 1.97 bits per heavy atom. The molecule has 5 nitrogen and oxygen atoms in total. The van der Waals surface area contributed by atoms with Crippen LogP contribution in [-0.4, -0.2) is 22.6 Å². The summed E-state index contributed by atoms with van der Waals surface area (Å²) in [6, 6.07) is 22.8. The minimum absolute atomic E-state index is 0.177. The summed E-state index contributed by atoms with van der Waals surface area (Å²) >= 11 is 0. The molecule has 0 aliphatic heterocycles. The van der Waals surface area contributed by atoms with Gasteiger partial charge in [0.25, 0.3) is 0 Å². The highest BCUT2D eigenvalue weighted by Crippen LogP contribution is 2.36. The van der Waals surface area contributed by atoms with Gasteiger partial charge in [0.05, 0.1) is 18.0 Å². The lowest BCUT2D eigenvalue weighted by Gasteiger charge is -2.27. The average Bonchev–Trinajstić information content (AvgIpc) is 2.83. The van der Waals surface area contributed by atoms with Crippen molar-refractivity contribution in [1.29, 1.82) is 0 Å². The third-order valence-electron chi connectivity index (χ3n) is 5.47. The first-order chi connectivity index (χ1) is 15.8. The number of hydrogen-bond donors (Lipinski definition) is 1. The van der Waals surface area contributed by atoms with E-state index in [0.29, 0.717) is 22.5 Å². The molecule has 2 atom stereocenters. The van der Waals surface area contributed by atoms with Crippen molar-refractivity contribution < 1.29 is 17.9 Å². The van der Waals surface area contributed by atoms with E-state index in [1.165, 1.54) is 0 Å². The minimum atomic E-state index is -3.84. The van der Waals surface area contributed by atoms with Crippen LogP contribution in [0.5, 0.6) is 5.75 Å². The molecule has 0 fully saturated rings. The molecule has 0 aliphatic rings. The van der Waals surface area contributed by atoms with E-state index in [1.54, 1.807) is 50.6 Å². The molecule has 0 aromatic heterocycles. The normalized spacial score (nSPS) is 13.2. The predicted molar refractivity (Wildman–Crippen MR) is 132 cm³/mol. The van der Waals surface area contributed by atoms with Gasteiger partial charge in [0.15, 0.2) is 0 Å². The Morgan fingerprint density at radius 1 is 0.818 bits per heavy atom. The molecule has 0 unspecified atom stereocenters. The molecule has 6 heteroatoms. The largest absolute Gasteiger partial charge is 0.497 e. The first-order valence-corrected chi connectivity index (χ1v) is 11.9. The number of aryl methyl sites for hydroxylation is 1. The highest BCUT2D eigenvalue weighted by atomic mass is 32.2. The van der Waals surface area contributed by atoms with Gasteiger partial charge >= 0.3 is 0 Å². The topological polar surface area (TPSA) is 64.6 Å². The van der Waals surface area contributed by atoms with E-state index in [-0.39, 0.29) is 4.90 Å². The third-order valence-corrected chi connectivity index (χ3v) is 6.91. The number of rotatable bonds is 10. The van der Waals surface area contributed by atoms with Crippen molar-refractivity contribution in [2.75, 3.05) is 14.2 Å². The summed E-state index contributed by atoms with van der Waals surface area (Å²) in [4.78, 5) is 0.177. The van der Waals surface area contributed by atoms with Crippen molar-refractivity contribution in [3.8, 4) is 5.75 Å². The van der Waals surface area contributed by atoms with Gasteiger partial charge in [0, 0.05) is 7.11 Å². The fourth-order valence-electron chi connectivity index (χ4n) is 3.54. The number of ether oxygens (including phenoxy) is 2. The van der Waals surface area contributed by atoms with Crippen molar-refractivity contribution in [3.05, 3.63) is 120 Å². The maximum Gasteiger partial charge on any atom is 0.241 e. The van der Waals surface area contributed by atoms with Crippen LogP contribution in [0.3, 0.4) is 0 Å². The van der Waals surface area contributed by atoms with Crippen LogP contribution in [0.25, 0.3) is 0 Å². The zero-order valence-corrected chi connectivity index (χ0v) is 19.9. The number of benzene rings is 3. The second-order valence-electron chi connectivity index (χ2n) is 7.72. The maximum atomic E-state index is 13.2. The SMILES string of the molecule is C=C(C(=C)[C@H](NS(=O)(=O)c1ccc(C)cc1)c1ccc(OC)cc1)[C@@H](OC)c1ccccc1. The van der Waals surface area contributed by atoms with Crippen LogP contribution in [0.2, 0.25) is 0 Å². The third kappa shape index (κ3) is 5.79. The summed E-state index contributed by atoms with van der Waals surface area (Å²) in [7, 11) is -0.668. The lowest BCUT2D eigenvalue weighted by molar-refractivity contribution is 0.134. The lowest BCUT2D eigenvalue weighted by atomic mass is 9.90. The van der Waals surface area contributed by atoms with E-state index >= 15 is 0 Å². The Hall–Kier alpha value is -3.19. The summed E-state index contributed by atoms with van der Waals surface area (Å²) in [5.74, 6) is 0.669. The van der Waals surface area contributed by atoms with Gasteiger partial charge in [-0.2, -0.15) is 4.72 Å². The van der Waals surface area contributed by atoms with Crippen LogP contribution >= 0.6 is 0 Å². The summed E-state index contributed by atoms with van der Waals surface area (Å²) in [5, 5.41) is 0. The molecule has 0 bridgehead atoms. The van der Waals surface area contributed by atoms with Gasteiger partial charge in [-0.3, -0.25) is 0 Å². The highest BCUT2D eigenvalue weighted by molar-refractivity contribution is 7.89. The average molecular weight is 464 g/mol. The molecule has 0 radical (unpaired) electrons. The summed E-state index contributed by atoms with van der Waals surface area (Å²) in [6.45, 7) is 10.3. The Balaban J connectivity index is 1.99. The molecular weight excluding hydrogens is 434 g/mol. The predicted octanol–water partition coefficient (Wildman–Crippen LogP) is 5.52. The summed E-state index contributed by atoms with van der Waals surface area (Å²) < 4.78 is 40.3. The molecule has 0 saturated heterocycles. The smallest absolute Gasteiger partial charge is 0.241 e. The Kier molecular flexibility index (Phi) is 7.87. The second-order valence-corrected chi connectivity index (χ2v) is 9.43. The van der Waals surface area contributed by atoms with E-state index in [1.807, 2.05) is 49.4 Å². The summed E-state index contributed by atoms with van der Waals surface area (Å²) in [6.07, 6.45) is -0.469. The maximum absolute atomic E-state index is 13.2. The van der Waals surface area contributed by atoms with Gasteiger partial charge in [-0.25, -0.2) is 8.42 Å².